The van der Waals surface area contributed by atoms with Crippen molar-refractivity contribution in [1.29, 1.82) is 0 Å². The summed E-state index contributed by atoms with van der Waals surface area (Å²) in [4.78, 5) is 14.6. The highest BCUT2D eigenvalue weighted by molar-refractivity contribution is 7.07. The van der Waals surface area contributed by atoms with Crippen LogP contribution in [-0.2, 0) is 11.3 Å². The Kier molecular flexibility index (Phi) is 18.0. The zero-order valence-corrected chi connectivity index (χ0v) is 23.0. The minimum Gasteiger partial charge on any atom is -1.00 e. The molecule has 0 N–H and O–H groups in total. The molecular weight excluding hydrogens is 515 g/mol. The van der Waals surface area contributed by atoms with Gasteiger partial charge in [-0.05, 0) is 25.2 Å². The second kappa shape index (κ2) is 19.3. The maximum atomic E-state index is 12.5. The van der Waals surface area contributed by atoms with Gasteiger partial charge in [0.2, 0.25) is 11.4 Å². The van der Waals surface area contributed by atoms with E-state index in [4.69, 9.17) is 0 Å². The van der Waals surface area contributed by atoms with Gasteiger partial charge in [0, 0.05) is 25.9 Å². The van der Waals surface area contributed by atoms with Gasteiger partial charge in [-0.3, -0.25) is 4.79 Å². The molecule has 1 aromatic heterocycles. The Hall–Kier alpha value is -0.170. The number of hydrogen-bond donors (Lipinski definition) is 0. The van der Waals surface area contributed by atoms with Gasteiger partial charge in [-0.25, -0.2) is 0 Å². The third-order valence-corrected chi connectivity index (χ3v) is 7.46. The Morgan fingerprint density at radius 2 is 1.45 bits per heavy atom. The van der Waals surface area contributed by atoms with Crippen molar-refractivity contribution in [2.75, 3.05) is 13.1 Å². The van der Waals surface area contributed by atoms with Crippen molar-refractivity contribution in [3.8, 4) is 0 Å². The zero-order valence-electron chi connectivity index (χ0n) is 20.0. The molecule has 0 aliphatic carbocycles. The summed E-state index contributed by atoms with van der Waals surface area (Å²) in [6.45, 7) is 5.38. The van der Waals surface area contributed by atoms with Gasteiger partial charge in [-0.15, -0.1) is 0 Å². The van der Waals surface area contributed by atoms with Crippen LogP contribution in [0.2, 0.25) is 0 Å². The van der Waals surface area contributed by atoms with Gasteiger partial charge >= 0.3 is 0 Å². The molecule has 2 heterocycles. The number of rotatable bonds is 17. The van der Waals surface area contributed by atoms with Gasteiger partial charge in [-0.1, -0.05) is 95.3 Å². The number of carbonyl (C=O) groups excluding carboxylic acids is 1. The third-order valence-electron chi connectivity index (χ3n) is 6.78. The number of thiazole rings is 1. The van der Waals surface area contributed by atoms with Crippen molar-refractivity contribution in [2.24, 2.45) is 5.92 Å². The quantitative estimate of drug-likeness (QED) is 0.159. The van der Waals surface area contributed by atoms with Crippen molar-refractivity contribution in [3.05, 3.63) is 17.1 Å². The number of nitrogens with zero attached hydrogens (tertiary/aromatic N) is 2. The van der Waals surface area contributed by atoms with Crippen LogP contribution in [0.5, 0.6) is 0 Å². The van der Waals surface area contributed by atoms with Crippen molar-refractivity contribution in [2.45, 2.75) is 123 Å². The molecule has 1 aliphatic rings. The van der Waals surface area contributed by atoms with Gasteiger partial charge in [0.1, 0.15) is 6.54 Å². The van der Waals surface area contributed by atoms with E-state index in [9.17, 15) is 4.79 Å². The monoisotopic (exact) mass is 562 g/mol. The minimum atomic E-state index is 0. The zero-order chi connectivity index (χ0) is 21.3. The van der Waals surface area contributed by atoms with E-state index in [2.05, 4.69) is 33.5 Å². The highest BCUT2D eigenvalue weighted by Crippen LogP contribution is 2.21. The van der Waals surface area contributed by atoms with Crippen molar-refractivity contribution < 1.29 is 33.3 Å². The van der Waals surface area contributed by atoms with Crippen LogP contribution in [0.1, 0.15) is 116 Å². The molecule has 0 radical (unpaired) electrons. The fourth-order valence-corrected chi connectivity index (χ4v) is 5.27. The second-order valence-corrected chi connectivity index (χ2v) is 10.1. The second-order valence-electron chi connectivity index (χ2n) is 9.37. The summed E-state index contributed by atoms with van der Waals surface area (Å²) < 4.78 is 2.29. The molecule has 1 aliphatic heterocycles. The van der Waals surface area contributed by atoms with Crippen LogP contribution in [0, 0.1) is 5.92 Å². The molecule has 1 aromatic rings. The molecule has 31 heavy (non-hydrogen) atoms. The van der Waals surface area contributed by atoms with Gasteiger partial charge < -0.3 is 28.9 Å². The largest absolute Gasteiger partial charge is 1.00 e. The molecule has 180 valence electrons. The van der Waals surface area contributed by atoms with Crippen LogP contribution in [0.3, 0.4) is 0 Å². The Bertz CT molecular complexity index is 530. The minimum absolute atomic E-state index is 0. The number of aryl methyl sites for hydroxylation is 1. The molecule has 0 spiro atoms. The molecule has 2 rings (SSSR count). The van der Waals surface area contributed by atoms with Crippen LogP contribution < -0.4 is 28.5 Å². The Morgan fingerprint density at radius 1 is 0.903 bits per heavy atom. The predicted molar refractivity (Wildman–Crippen MR) is 129 cm³/mol. The molecule has 1 fully saturated rings. The van der Waals surface area contributed by atoms with Gasteiger partial charge in [0.15, 0.2) is 6.20 Å². The Morgan fingerprint density at radius 3 is 1.97 bits per heavy atom. The van der Waals surface area contributed by atoms with Gasteiger partial charge in [-0.2, -0.15) is 4.57 Å². The van der Waals surface area contributed by atoms with Crippen LogP contribution in [0.15, 0.2) is 17.1 Å². The van der Waals surface area contributed by atoms with E-state index in [1.54, 1.807) is 11.3 Å². The van der Waals surface area contributed by atoms with Crippen LogP contribution in [0.4, 0.5) is 0 Å². The summed E-state index contributed by atoms with van der Waals surface area (Å²) >= 11 is 1.76. The van der Waals surface area contributed by atoms with Gasteiger partial charge in [0.05, 0.1) is 5.38 Å². The van der Waals surface area contributed by atoms with Crippen LogP contribution >= 0.6 is 11.3 Å². The van der Waals surface area contributed by atoms with E-state index < -0.39 is 0 Å². The number of piperidine rings is 1. The highest BCUT2D eigenvalue weighted by Gasteiger charge is 2.23. The fourth-order valence-electron chi connectivity index (χ4n) is 4.64. The van der Waals surface area contributed by atoms with E-state index in [0.29, 0.717) is 5.91 Å². The first-order valence-electron chi connectivity index (χ1n) is 13.0. The number of carbonyl (C=O) groups is 1. The van der Waals surface area contributed by atoms with Crippen molar-refractivity contribution >= 4 is 17.2 Å². The van der Waals surface area contributed by atoms with Crippen LogP contribution in [-0.4, -0.2) is 23.9 Å². The third kappa shape index (κ3) is 13.9. The van der Waals surface area contributed by atoms with E-state index in [1.807, 2.05) is 0 Å². The summed E-state index contributed by atoms with van der Waals surface area (Å²) in [5.41, 5.74) is 2.19. The lowest BCUT2D eigenvalue weighted by molar-refractivity contribution is -0.693. The van der Waals surface area contributed by atoms with Gasteiger partial charge in [0.25, 0.3) is 0 Å². The molecule has 1 amide bonds. The molecule has 0 saturated carbocycles. The number of halogens is 1. The van der Waals surface area contributed by atoms with E-state index in [0.717, 1.165) is 38.4 Å². The standard InChI is InChI=1S/C26H47N2OS.HI/c1-2-3-4-5-6-7-8-9-10-11-12-13-14-15-26(29)28-20-17-25(18-21-28)16-19-27-22-23-30-24-27;/h22-25H,2-21H2,1H3;1H/q+1;/p-1. The number of aromatic nitrogens is 1. The highest BCUT2D eigenvalue weighted by atomic mass is 127. The first kappa shape index (κ1) is 28.9. The maximum absolute atomic E-state index is 12.5. The number of unbranched alkanes of at least 4 members (excludes halogenated alkanes) is 12. The average molecular weight is 563 g/mol. The summed E-state index contributed by atoms with van der Waals surface area (Å²) in [5.74, 6) is 1.20. The average Bonchev–Trinajstić information content (AvgIpc) is 3.29. The first-order valence-corrected chi connectivity index (χ1v) is 13.9. The molecule has 5 heteroatoms. The summed E-state index contributed by atoms with van der Waals surface area (Å²) in [7, 11) is 0. The maximum Gasteiger partial charge on any atom is 0.224 e. The Labute approximate surface area is 213 Å². The predicted octanol–water partition coefficient (Wildman–Crippen LogP) is 4.15. The summed E-state index contributed by atoms with van der Waals surface area (Å²) in [6, 6.07) is 0. The SMILES string of the molecule is CCCCCCCCCCCCCCCC(=O)N1CCC(CC[n+]2ccsc2)CC1.[I-]. The Balaban J connectivity index is 0.00000480. The number of hydrogen-bond acceptors (Lipinski definition) is 2. The number of likely N-dealkylation sites (tertiary alicyclic amines) is 1. The normalized spacial score (nSPS) is 14.5. The van der Waals surface area contributed by atoms with Crippen LogP contribution in [0.25, 0.3) is 0 Å². The molecule has 0 bridgehead atoms. The lowest BCUT2D eigenvalue weighted by Gasteiger charge is -2.31. The topological polar surface area (TPSA) is 24.2 Å². The van der Waals surface area contributed by atoms with E-state index in [-0.39, 0.29) is 24.0 Å². The fraction of sp³-hybridized carbons (Fsp3) is 0.846. The molecular formula is C26H47IN2OS. The molecule has 0 aromatic carbocycles. The smallest absolute Gasteiger partial charge is 0.224 e. The lowest BCUT2D eigenvalue weighted by Crippen LogP contribution is -3.00. The lowest BCUT2D eigenvalue weighted by atomic mass is 9.93. The molecule has 1 saturated heterocycles. The van der Waals surface area contributed by atoms with E-state index >= 15 is 0 Å². The van der Waals surface area contributed by atoms with Crippen molar-refractivity contribution in [1.82, 2.24) is 4.90 Å². The van der Waals surface area contributed by atoms with E-state index in [1.165, 1.54) is 96.3 Å². The molecule has 0 unspecified atom stereocenters. The van der Waals surface area contributed by atoms with Crippen molar-refractivity contribution in [3.63, 3.8) is 0 Å². The molecule has 3 nitrogen and oxygen atoms in total. The summed E-state index contributed by atoms with van der Waals surface area (Å²) in [6.07, 6.45) is 24.3. The number of amides is 1. The first-order chi connectivity index (χ1) is 14.8. The summed E-state index contributed by atoms with van der Waals surface area (Å²) in [5, 5.41) is 2.14. The molecule has 0 atom stereocenters.